The van der Waals surface area contributed by atoms with E-state index in [1.807, 2.05) is 12.1 Å². The standard InChI is InChI=1S/C15H17N3O2S/c16-12-6-13(8-14(7-12)21(17,19)20)18-9-11-5-10-3-1-2-4-15(10)11/h1-4,6-8,11,18H,5,9,16H2,(H2,17,19,20). The number of benzene rings is 2. The summed E-state index contributed by atoms with van der Waals surface area (Å²) < 4.78 is 22.8. The highest BCUT2D eigenvalue weighted by atomic mass is 32.2. The summed E-state index contributed by atoms with van der Waals surface area (Å²) >= 11 is 0. The van der Waals surface area contributed by atoms with Crippen LogP contribution in [0.1, 0.15) is 17.0 Å². The minimum atomic E-state index is -3.75. The Balaban J connectivity index is 1.74. The maximum atomic E-state index is 11.4. The summed E-state index contributed by atoms with van der Waals surface area (Å²) in [6, 6.07) is 12.9. The molecule has 1 aliphatic rings. The topological polar surface area (TPSA) is 98.2 Å². The number of hydrogen-bond donors (Lipinski definition) is 3. The van der Waals surface area contributed by atoms with Crippen LogP contribution < -0.4 is 16.2 Å². The molecule has 2 aromatic rings. The van der Waals surface area contributed by atoms with Gasteiger partial charge in [-0.25, -0.2) is 13.6 Å². The Hall–Kier alpha value is -2.05. The van der Waals surface area contributed by atoms with Crippen LogP contribution in [-0.2, 0) is 16.4 Å². The van der Waals surface area contributed by atoms with E-state index in [1.165, 1.54) is 23.3 Å². The molecule has 1 aliphatic carbocycles. The molecule has 2 aromatic carbocycles. The van der Waals surface area contributed by atoms with Crippen molar-refractivity contribution in [3.63, 3.8) is 0 Å². The number of nitrogens with two attached hydrogens (primary N) is 2. The SMILES string of the molecule is Nc1cc(NCC2Cc3ccccc32)cc(S(N)(=O)=O)c1. The van der Waals surface area contributed by atoms with Crippen molar-refractivity contribution in [2.45, 2.75) is 17.2 Å². The van der Waals surface area contributed by atoms with Crippen LogP contribution in [0.2, 0.25) is 0 Å². The summed E-state index contributed by atoms with van der Waals surface area (Å²) in [5.74, 6) is 0.445. The fourth-order valence-electron chi connectivity index (χ4n) is 2.67. The second-order valence-corrected chi connectivity index (χ2v) is 6.88. The van der Waals surface area contributed by atoms with Crippen molar-refractivity contribution in [3.05, 3.63) is 53.6 Å². The number of hydrogen-bond acceptors (Lipinski definition) is 4. The average Bonchev–Trinajstić information content (AvgIpc) is 2.38. The van der Waals surface area contributed by atoms with Gasteiger partial charge in [0.15, 0.2) is 0 Å². The lowest BCUT2D eigenvalue weighted by Crippen LogP contribution is -2.24. The molecular weight excluding hydrogens is 286 g/mol. The summed E-state index contributed by atoms with van der Waals surface area (Å²) in [4.78, 5) is 0.0269. The maximum Gasteiger partial charge on any atom is 0.238 e. The van der Waals surface area contributed by atoms with Crippen molar-refractivity contribution in [1.82, 2.24) is 0 Å². The predicted molar refractivity (Wildman–Crippen MR) is 83.6 cm³/mol. The van der Waals surface area contributed by atoms with Gasteiger partial charge in [0.05, 0.1) is 4.90 Å². The van der Waals surface area contributed by atoms with Gasteiger partial charge in [0.25, 0.3) is 0 Å². The lowest BCUT2D eigenvalue weighted by molar-refractivity contribution is 0.598. The Morgan fingerprint density at radius 2 is 1.95 bits per heavy atom. The van der Waals surface area contributed by atoms with Gasteiger partial charge < -0.3 is 11.1 Å². The highest BCUT2D eigenvalue weighted by molar-refractivity contribution is 7.89. The number of anilines is 2. The molecule has 5 nitrogen and oxygen atoms in total. The van der Waals surface area contributed by atoms with Crippen molar-refractivity contribution in [2.75, 3.05) is 17.6 Å². The third-order valence-corrected chi connectivity index (χ3v) is 4.66. The molecule has 0 spiro atoms. The van der Waals surface area contributed by atoms with Gasteiger partial charge in [-0.15, -0.1) is 0 Å². The summed E-state index contributed by atoms with van der Waals surface area (Å²) in [7, 11) is -3.75. The third-order valence-electron chi connectivity index (χ3n) is 3.77. The molecule has 0 fully saturated rings. The minimum Gasteiger partial charge on any atom is -0.399 e. The quantitative estimate of drug-likeness (QED) is 0.748. The highest BCUT2D eigenvalue weighted by Crippen LogP contribution is 2.35. The van der Waals surface area contributed by atoms with Crippen molar-refractivity contribution >= 4 is 21.4 Å². The molecule has 110 valence electrons. The van der Waals surface area contributed by atoms with Gasteiger partial charge in [0.1, 0.15) is 0 Å². The predicted octanol–water partition coefficient (Wildman–Crippen LogP) is 1.67. The molecule has 0 amide bonds. The molecule has 0 saturated heterocycles. The van der Waals surface area contributed by atoms with Crippen molar-refractivity contribution in [1.29, 1.82) is 0 Å². The molecule has 0 radical (unpaired) electrons. The van der Waals surface area contributed by atoms with Crippen LogP contribution in [0.4, 0.5) is 11.4 Å². The Bertz CT molecular complexity index is 787. The van der Waals surface area contributed by atoms with Crippen molar-refractivity contribution in [2.24, 2.45) is 5.14 Å². The van der Waals surface area contributed by atoms with E-state index in [-0.39, 0.29) is 4.90 Å². The Morgan fingerprint density at radius 3 is 2.67 bits per heavy atom. The number of sulfonamides is 1. The van der Waals surface area contributed by atoms with E-state index in [0.717, 1.165) is 13.0 Å². The first-order valence-corrected chi connectivity index (χ1v) is 8.23. The molecule has 6 heteroatoms. The first-order valence-electron chi connectivity index (χ1n) is 6.68. The van der Waals surface area contributed by atoms with Crippen LogP contribution >= 0.6 is 0 Å². The fourth-order valence-corrected chi connectivity index (χ4v) is 3.27. The average molecular weight is 303 g/mol. The third kappa shape index (κ3) is 2.86. The van der Waals surface area contributed by atoms with Gasteiger partial charge in [-0.05, 0) is 35.7 Å². The second-order valence-electron chi connectivity index (χ2n) is 5.32. The van der Waals surface area contributed by atoms with Gasteiger partial charge in [-0.3, -0.25) is 0 Å². The fraction of sp³-hybridized carbons (Fsp3) is 0.200. The Kier molecular flexibility index (Phi) is 3.35. The van der Waals surface area contributed by atoms with Gasteiger partial charge in [0.2, 0.25) is 10.0 Å². The van der Waals surface area contributed by atoms with E-state index < -0.39 is 10.0 Å². The molecule has 21 heavy (non-hydrogen) atoms. The van der Waals surface area contributed by atoms with E-state index in [4.69, 9.17) is 10.9 Å². The summed E-state index contributed by atoms with van der Waals surface area (Å²) in [6.45, 7) is 0.741. The molecule has 0 bridgehead atoms. The monoisotopic (exact) mass is 303 g/mol. The summed E-state index contributed by atoms with van der Waals surface area (Å²) in [6.07, 6.45) is 1.04. The van der Waals surface area contributed by atoms with Gasteiger partial charge in [0, 0.05) is 23.8 Å². The van der Waals surface area contributed by atoms with Crippen LogP contribution in [0.5, 0.6) is 0 Å². The highest BCUT2D eigenvalue weighted by Gasteiger charge is 2.24. The van der Waals surface area contributed by atoms with Crippen LogP contribution in [0, 0.1) is 0 Å². The van der Waals surface area contributed by atoms with Crippen LogP contribution in [0.25, 0.3) is 0 Å². The van der Waals surface area contributed by atoms with Crippen molar-refractivity contribution in [3.8, 4) is 0 Å². The smallest absolute Gasteiger partial charge is 0.238 e. The van der Waals surface area contributed by atoms with E-state index >= 15 is 0 Å². The lowest BCUT2D eigenvalue weighted by atomic mass is 9.77. The Morgan fingerprint density at radius 1 is 1.19 bits per heavy atom. The van der Waals surface area contributed by atoms with E-state index in [0.29, 0.717) is 17.3 Å². The molecule has 0 saturated carbocycles. The minimum absolute atomic E-state index is 0.0269. The van der Waals surface area contributed by atoms with Crippen molar-refractivity contribution < 1.29 is 8.42 Å². The summed E-state index contributed by atoms with van der Waals surface area (Å²) in [5.41, 5.74) is 9.49. The normalized spacial score (nSPS) is 16.9. The lowest BCUT2D eigenvalue weighted by Gasteiger charge is -2.30. The second kappa shape index (κ2) is 5.05. The molecule has 0 heterocycles. The number of fused-ring (bicyclic) bond motifs is 1. The van der Waals surface area contributed by atoms with Gasteiger partial charge in [-0.2, -0.15) is 0 Å². The van der Waals surface area contributed by atoms with E-state index in [2.05, 4.69) is 17.4 Å². The van der Waals surface area contributed by atoms with Gasteiger partial charge >= 0.3 is 0 Å². The van der Waals surface area contributed by atoms with Crippen LogP contribution in [0.3, 0.4) is 0 Å². The zero-order valence-corrected chi connectivity index (χ0v) is 12.2. The summed E-state index contributed by atoms with van der Waals surface area (Å²) in [5, 5.41) is 8.38. The number of rotatable bonds is 4. The molecule has 1 unspecified atom stereocenters. The van der Waals surface area contributed by atoms with Crippen LogP contribution in [-0.4, -0.2) is 15.0 Å². The largest absolute Gasteiger partial charge is 0.399 e. The molecule has 3 rings (SSSR count). The zero-order chi connectivity index (χ0) is 15.0. The van der Waals surface area contributed by atoms with E-state index in [9.17, 15) is 8.42 Å². The van der Waals surface area contributed by atoms with Gasteiger partial charge in [-0.1, -0.05) is 24.3 Å². The molecule has 5 N–H and O–H groups in total. The first kappa shape index (κ1) is 13.9. The number of nitrogens with one attached hydrogen (secondary N) is 1. The Labute approximate surface area is 124 Å². The molecular formula is C15H17N3O2S. The number of primary sulfonamides is 1. The molecule has 0 aromatic heterocycles. The first-order chi connectivity index (χ1) is 9.93. The molecule has 1 atom stereocenters. The van der Waals surface area contributed by atoms with Crippen LogP contribution in [0.15, 0.2) is 47.4 Å². The zero-order valence-electron chi connectivity index (χ0n) is 11.4. The molecule has 0 aliphatic heterocycles. The number of nitrogen functional groups attached to an aromatic ring is 1. The maximum absolute atomic E-state index is 11.4. The van der Waals surface area contributed by atoms with E-state index in [1.54, 1.807) is 6.07 Å².